The number of pyridine rings is 1. The normalized spacial score (nSPS) is 12.6. The van der Waals surface area contributed by atoms with Crippen LogP contribution in [0.5, 0.6) is 0 Å². The van der Waals surface area contributed by atoms with Crippen LogP contribution in [0.1, 0.15) is 37.3 Å². The van der Waals surface area contributed by atoms with Gasteiger partial charge in [0.05, 0.1) is 6.04 Å². The largest absolute Gasteiger partial charge is 0.367 e. The van der Waals surface area contributed by atoms with E-state index in [0.717, 1.165) is 13.1 Å². The van der Waals surface area contributed by atoms with E-state index in [-0.39, 0.29) is 0 Å². The van der Waals surface area contributed by atoms with Gasteiger partial charge in [0.1, 0.15) is 0 Å². The summed E-state index contributed by atoms with van der Waals surface area (Å²) in [5.41, 5.74) is 2.51. The Morgan fingerprint density at radius 3 is 2.76 bits per heavy atom. The van der Waals surface area contributed by atoms with E-state index in [0.29, 0.717) is 12.0 Å². The quantitative estimate of drug-likeness (QED) is 0.835. The number of anilines is 1. The lowest BCUT2D eigenvalue weighted by atomic mass is 10.1. The Labute approximate surface area is 132 Å². The van der Waals surface area contributed by atoms with Crippen LogP contribution < -0.4 is 10.2 Å². The highest BCUT2D eigenvalue weighted by Gasteiger charge is 2.16. The van der Waals surface area contributed by atoms with Crippen molar-refractivity contribution in [3.8, 4) is 0 Å². The molecule has 0 radical (unpaired) electrons. The van der Waals surface area contributed by atoms with Gasteiger partial charge in [0.2, 0.25) is 0 Å². The van der Waals surface area contributed by atoms with Crippen LogP contribution >= 0.6 is 11.3 Å². The molecule has 0 saturated carbocycles. The van der Waals surface area contributed by atoms with E-state index < -0.39 is 0 Å². The van der Waals surface area contributed by atoms with Crippen molar-refractivity contribution in [2.24, 2.45) is 5.92 Å². The van der Waals surface area contributed by atoms with Gasteiger partial charge in [-0.1, -0.05) is 19.9 Å². The molecule has 2 aromatic heterocycles. The van der Waals surface area contributed by atoms with E-state index in [9.17, 15) is 0 Å². The van der Waals surface area contributed by atoms with Crippen molar-refractivity contribution < 1.29 is 0 Å². The van der Waals surface area contributed by atoms with Gasteiger partial charge in [-0.05, 0) is 36.9 Å². The number of rotatable bonds is 7. The van der Waals surface area contributed by atoms with Crippen LogP contribution in [0.4, 0.5) is 5.69 Å². The van der Waals surface area contributed by atoms with Gasteiger partial charge in [-0.15, -0.1) is 11.3 Å². The minimum Gasteiger partial charge on any atom is -0.367 e. The first kappa shape index (κ1) is 16.0. The second-order valence-electron chi connectivity index (χ2n) is 5.83. The summed E-state index contributed by atoms with van der Waals surface area (Å²) in [6, 6.07) is 6.79. The highest BCUT2D eigenvalue weighted by Crippen LogP contribution is 2.29. The molecule has 0 amide bonds. The van der Waals surface area contributed by atoms with Crippen molar-refractivity contribution in [2.75, 3.05) is 18.5 Å². The number of thiophene rings is 1. The van der Waals surface area contributed by atoms with Crippen molar-refractivity contribution in [1.29, 1.82) is 0 Å². The highest BCUT2D eigenvalue weighted by atomic mass is 32.1. The maximum Gasteiger partial charge on any atom is 0.0603 e. The Hall–Kier alpha value is -1.39. The summed E-state index contributed by atoms with van der Waals surface area (Å²) in [6.45, 7) is 8.59. The average Bonchev–Trinajstić information content (AvgIpc) is 3.00. The van der Waals surface area contributed by atoms with Crippen LogP contribution in [0, 0.1) is 5.92 Å². The molecule has 1 N–H and O–H groups in total. The van der Waals surface area contributed by atoms with E-state index >= 15 is 0 Å². The lowest BCUT2D eigenvalue weighted by molar-refractivity contribution is 0.551. The molecule has 2 aromatic rings. The molecule has 3 nitrogen and oxygen atoms in total. The average molecular weight is 303 g/mol. The van der Waals surface area contributed by atoms with Crippen molar-refractivity contribution >= 4 is 17.0 Å². The summed E-state index contributed by atoms with van der Waals surface area (Å²) in [7, 11) is 2.16. The summed E-state index contributed by atoms with van der Waals surface area (Å²) >= 11 is 1.81. The van der Waals surface area contributed by atoms with Gasteiger partial charge in [-0.25, -0.2) is 0 Å². The molecular weight excluding hydrogens is 278 g/mol. The minimum absolute atomic E-state index is 0.372. The van der Waals surface area contributed by atoms with Crippen molar-refractivity contribution in [3.63, 3.8) is 0 Å². The van der Waals surface area contributed by atoms with E-state index in [1.807, 2.05) is 23.7 Å². The van der Waals surface area contributed by atoms with E-state index in [1.165, 1.54) is 16.1 Å². The van der Waals surface area contributed by atoms with Gasteiger partial charge in [0.15, 0.2) is 0 Å². The monoisotopic (exact) mass is 303 g/mol. The van der Waals surface area contributed by atoms with E-state index in [2.05, 4.69) is 66.6 Å². The molecule has 0 bridgehead atoms. The molecular formula is C17H25N3S. The lowest BCUT2D eigenvalue weighted by Crippen LogP contribution is -2.25. The molecule has 4 heteroatoms. The zero-order valence-corrected chi connectivity index (χ0v) is 14.2. The fourth-order valence-corrected chi connectivity index (χ4v) is 3.15. The predicted molar refractivity (Wildman–Crippen MR) is 91.9 cm³/mol. The second-order valence-corrected chi connectivity index (χ2v) is 6.81. The fourth-order valence-electron chi connectivity index (χ4n) is 2.32. The zero-order valence-electron chi connectivity index (χ0n) is 13.3. The molecule has 1 atom stereocenters. The van der Waals surface area contributed by atoms with Gasteiger partial charge in [0.25, 0.3) is 0 Å². The minimum atomic E-state index is 0.372. The van der Waals surface area contributed by atoms with Gasteiger partial charge in [-0.2, -0.15) is 0 Å². The Morgan fingerprint density at radius 2 is 2.10 bits per heavy atom. The molecule has 0 aliphatic heterocycles. The number of aromatic nitrogens is 1. The van der Waals surface area contributed by atoms with Crippen LogP contribution in [0.2, 0.25) is 0 Å². The van der Waals surface area contributed by atoms with Crippen molar-refractivity contribution in [2.45, 2.75) is 33.4 Å². The van der Waals surface area contributed by atoms with E-state index in [1.54, 1.807) is 0 Å². The Balaban J connectivity index is 2.11. The summed E-state index contributed by atoms with van der Waals surface area (Å²) < 4.78 is 0. The third kappa shape index (κ3) is 4.29. The Bertz CT molecular complexity index is 537. The van der Waals surface area contributed by atoms with Crippen LogP contribution in [0.15, 0.2) is 36.0 Å². The molecule has 0 aliphatic rings. The summed E-state index contributed by atoms with van der Waals surface area (Å²) in [5, 5.41) is 5.64. The molecule has 2 rings (SSSR count). The topological polar surface area (TPSA) is 28.2 Å². The summed E-state index contributed by atoms with van der Waals surface area (Å²) in [4.78, 5) is 8.00. The van der Waals surface area contributed by atoms with Gasteiger partial charge < -0.3 is 10.2 Å². The molecule has 2 heterocycles. The number of nitrogens with zero attached hydrogens (tertiary/aromatic N) is 2. The van der Waals surface area contributed by atoms with Crippen LogP contribution in [-0.2, 0) is 6.54 Å². The number of nitrogens with one attached hydrogen (secondary N) is 1. The third-order valence-electron chi connectivity index (χ3n) is 3.66. The zero-order chi connectivity index (χ0) is 15.2. The Kier molecular flexibility index (Phi) is 5.76. The maximum absolute atomic E-state index is 4.28. The van der Waals surface area contributed by atoms with Crippen LogP contribution in [0.25, 0.3) is 0 Å². The fraction of sp³-hybridized carbons (Fsp3) is 0.471. The van der Waals surface area contributed by atoms with Crippen molar-refractivity contribution in [3.05, 3.63) is 46.4 Å². The van der Waals surface area contributed by atoms with Crippen molar-refractivity contribution in [1.82, 2.24) is 10.3 Å². The summed E-state index contributed by atoms with van der Waals surface area (Å²) in [5.74, 6) is 0.660. The third-order valence-corrected chi connectivity index (χ3v) is 4.70. The van der Waals surface area contributed by atoms with Crippen LogP contribution in [-0.4, -0.2) is 18.6 Å². The van der Waals surface area contributed by atoms with E-state index in [4.69, 9.17) is 0 Å². The second kappa shape index (κ2) is 7.57. The standard InChI is InChI=1S/C17H25N3S/c1-13(2)10-19-12-15-11-18-8-7-16(15)20(4)14(3)17-6-5-9-21-17/h5-9,11,13-14,19H,10,12H2,1-4H3. The highest BCUT2D eigenvalue weighted by molar-refractivity contribution is 7.10. The lowest BCUT2D eigenvalue weighted by Gasteiger charge is -2.28. The molecule has 1 unspecified atom stereocenters. The van der Waals surface area contributed by atoms with Gasteiger partial charge >= 0.3 is 0 Å². The molecule has 21 heavy (non-hydrogen) atoms. The SMILES string of the molecule is CC(C)CNCc1cnccc1N(C)C(C)c1cccs1. The smallest absolute Gasteiger partial charge is 0.0603 e. The first-order valence-corrected chi connectivity index (χ1v) is 8.37. The molecule has 0 spiro atoms. The number of hydrogen-bond donors (Lipinski definition) is 1. The molecule has 0 saturated heterocycles. The molecule has 0 aromatic carbocycles. The molecule has 0 aliphatic carbocycles. The molecule has 114 valence electrons. The first-order valence-electron chi connectivity index (χ1n) is 7.49. The maximum atomic E-state index is 4.28. The summed E-state index contributed by atoms with van der Waals surface area (Å²) in [6.07, 6.45) is 3.85. The van der Waals surface area contributed by atoms with Gasteiger partial charge in [0, 0.05) is 42.1 Å². The first-order chi connectivity index (χ1) is 10.1. The Morgan fingerprint density at radius 1 is 1.29 bits per heavy atom. The van der Waals surface area contributed by atoms with Crippen LogP contribution in [0.3, 0.4) is 0 Å². The predicted octanol–water partition coefficient (Wildman–Crippen LogP) is 4.09. The number of hydrogen-bond acceptors (Lipinski definition) is 4. The molecule has 0 fully saturated rings. The van der Waals surface area contributed by atoms with Gasteiger partial charge in [-0.3, -0.25) is 4.98 Å².